The predicted molar refractivity (Wildman–Crippen MR) is 101 cm³/mol. The fraction of sp³-hybridized carbons (Fsp3) is 0.524. The molecule has 2 aromatic rings. The summed E-state index contributed by atoms with van der Waals surface area (Å²) in [6.45, 7) is 5.50. The molecule has 2 aliphatic rings. The van der Waals surface area contributed by atoms with Gasteiger partial charge in [0.25, 0.3) is 0 Å². The van der Waals surface area contributed by atoms with Crippen LogP contribution < -0.4 is 4.90 Å². The molecule has 1 aromatic heterocycles. The van der Waals surface area contributed by atoms with Crippen LogP contribution in [-0.2, 0) is 6.42 Å². The minimum absolute atomic E-state index is 0.1000. The van der Waals surface area contributed by atoms with Crippen LogP contribution in [0.3, 0.4) is 0 Å². The average molecular weight is 353 g/mol. The number of hydrogen-bond donors (Lipinski definition) is 2. The Morgan fingerprint density at radius 1 is 1.23 bits per heavy atom. The molecule has 1 aliphatic heterocycles. The van der Waals surface area contributed by atoms with Crippen molar-refractivity contribution in [1.29, 1.82) is 0 Å². The smallest absolute Gasteiger partial charge is 0.132 e. The summed E-state index contributed by atoms with van der Waals surface area (Å²) >= 11 is 0. The molecule has 2 fully saturated rings. The molecule has 0 unspecified atom stereocenters. The fourth-order valence-electron chi connectivity index (χ4n) is 4.85. The van der Waals surface area contributed by atoms with Gasteiger partial charge in [-0.05, 0) is 30.7 Å². The first-order valence-corrected chi connectivity index (χ1v) is 9.53. The third kappa shape index (κ3) is 2.70. The van der Waals surface area contributed by atoms with Crippen LogP contribution in [0.25, 0.3) is 0 Å². The predicted octanol–water partition coefficient (Wildman–Crippen LogP) is 2.31. The summed E-state index contributed by atoms with van der Waals surface area (Å²) in [5.74, 6) is 2.06. The van der Waals surface area contributed by atoms with Crippen molar-refractivity contribution in [3.05, 3.63) is 53.5 Å². The van der Waals surface area contributed by atoms with Gasteiger partial charge in [0.1, 0.15) is 11.6 Å². The van der Waals surface area contributed by atoms with Gasteiger partial charge in [-0.2, -0.15) is 0 Å². The Labute approximate surface area is 154 Å². The quantitative estimate of drug-likeness (QED) is 0.863. The third-order valence-electron chi connectivity index (χ3n) is 6.08. The van der Waals surface area contributed by atoms with Crippen molar-refractivity contribution in [2.75, 3.05) is 24.6 Å². The van der Waals surface area contributed by atoms with Crippen LogP contribution in [0.4, 0.5) is 5.82 Å². The Morgan fingerprint density at radius 2 is 2.00 bits per heavy atom. The van der Waals surface area contributed by atoms with Crippen molar-refractivity contribution in [2.45, 2.75) is 38.7 Å². The Bertz CT molecular complexity index is 782. The van der Waals surface area contributed by atoms with Gasteiger partial charge >= 0.3 is 0 Å². The van der Waals surface area contributed by atoms with Gasteiger partial charge in [0.2, 0.25) is 0 Å². The zero-order valence-electron chi connectivity index (χ0n) is 15.5. The van der Waals surface area contributed by atoms with Crippen molar-refractivity contribution in [3.8, 4) is 0 Å². The average Bonchev–Trinajstić information content (AvgIpc) is 3.17. The summed E-state index contributed by atoms with van der Waals surface area (Å²) in [4.78, 5) is 11.4. The molecule has 1 spiro atoms. The highest BCUT2D eigenvalue weighted by Crippen LogP contribution is 2.68. The van der Waals surface area contributed by atoms with Gasteiger partial charge in [0, 0.05) is 43.3 Å². The lowest BCUT2D eigenvalue weighted by Crippen LogP contribution is -2.23. The zero-order valence-corrected chi connectivity index (χ0v) is 15.5. The summed E-state index contributed by atoms with van der Waals surface area (Å²) in [5.41, 5.74) is 1.89. The maximum Gasteiger partial charge on any atom is 0.132 e. The van der Waals surface area contributed by atoms with Gasteiger partial charge in [-0.15, -0.1) is 0 Å². The molecule has 4 rings (SSSR count). The topological polar surface area (TPSA) is 69.5 Å². The van der Waals surface area contributed by atoms with Crippen molar-refractivity contribution in [2.24, 2.45) is 11.3 Å². The molecule has 5 heteroatoms. The zero-order chi connectivity index (χ0) is 18.3. The second kappa shape index (κ2) is 6.63. The van der Waals surface area contributed by atoms with E-state index in [0.717, 1.165) is 36.7 Å². The van der Waals surface area contributed by atoms with Crippen molar-refractivity contribution < 1.29 is 10.2 Å². The van der Waals surface area contributed by atoms with Gasteiger partial charge < -0.3 is 15.1 Å². The molecule has 4 atom stereocenters. The Morgan fingerprint density at radius 3 is 2.69 bits per heavy atom. The minimum atomic E-state index is -0.463. The SMILES string of the molecule is CCCc1nc(C)cc(N2C[C@H](O)[C@@]3(C2)[C@H](CO)[C@H]3c2ccccc2)n1. The summed E-state index contributed by atoms with van der Waals surface area (Å²) in [5, 5.41) is 20.9. The van der Waals surface area contributed by atoms with E-state index < -0.39 is 6.10 Å². The van der Waals surface area contributed by atoms with Crippen LogP contribution in [-0.4, -0.2) is 46.0 Å². The molecule has 5 nitrogen and oxygen atoms in total. The summed E-state index contributed by atoms with van der Waals surface area (Å²) in [6, 6.07) is 12.3. The van der Waals surface area contributed by atoms with Gasteiger partial charge in [-0.25, -0.2) is 9.97 Å². The first-order chi connectivity index (χ1) is 12.6. The molecule has 1 aromatic carbocycles. The number of aliphatic hydroxyl groups excluding tert-OH is 2. The molecule has 0 amide bonds. The highest BCUT2D eigenvalue weighted by molar-refractivity contribution is 5.47. The second-order valence-corrected chi connectivity index (χ2v) is 7.72. The van der Waals surface area contributed by atoms with Gasteiger partial charge in [-0.1, -0.05) is 37.3 Å². The molecule has 1 aliphatic carbocycles. The van der Waals surface area contributed by atoms with Gasteiger partial charge in [0.05, 0.1) is 6.10 Å². The van der Waals surface area contributed by atoms with E-state index >= 15 is 0 Å². The van der Waals surface area contributed by atoms with Crippen LogP contribution in [0.1, 0.15) is 36.3 Å². The second-order valence-electron chi connectivity index (χ2n) is 7.72. The largest absolute Gasteiger partial charge is 0.396 e. The maximum absolute atomic E-state index is 10.9. The number of anilines is 1. The van der Waals surface area contributed by atoms with Crippen LogP contribution >= 0.6 is 0 Å². The summed E-state index contributed by atoms with van der Waals surface area (Å²) < 4.78 is 0. The van der Waals surface area contributed by atoms with Crippen molar-refractivity contribution >= 4 is 5.82 Å². The van der Waals surface area contributed by atoms with Crippen LogP contribution in [0, 0.1) is 18.3 Å². The van der Waals surface area contributed by atoms with E-state index in [0.29, 0.717) is 6.54 Å². The lowest BCUT2D eigenvalue weighted by Gasteiger charge is -2.19. The number of benzene rings is 1. The molecule has 0 radical (unpaired) electrons. The van der Waals surface area contributed by atoms with E-state index in [9.17, 15) is 10.2 Å². The summed E-state index contributed by atoms with van der Waals surface area (Å²) in [7, 11) is 0. The molecule has 1 saturated carbocycles. The van der Waals surface area contributed by atoms with Gasteiger partial charge in [-0.3, -0.25) is 0 Å². The monoisotopic (exact) mass is 353 g/mol. The van der Waals surface area contributed by atoms with E-state index in [4.69, 9.17) is 4.98 Å². The van der Waals surface area contributed by atoms with Crippen molar-refractivity contribution in [1.82, 2.24) is 9.97 Å². The Balaban J connectivity index is 1.62. The maximum atomic E-state index is 10.9. The number of rotatable bonds is 5. The molecular weight excluding hydrogens is 326 g/mol. The molecule has 2 N–H and O–H groups in total. The molecule has 26 heavy (non-hydrogen) atoms. The molecular formula is C21H27N3O2. The van der Waals surface area contributed by atoms with Crippen LogP contribution in [0.2, 0.25) is 0 Å². The lowest BCUT2D eigenvalue weighted by molar-refractivity contribution is 0.113. The van der Waals surface area contributed by atoms with E-state index in [2.05, 4.69) is 28.9 Å². The lowest BCUT2D eigenvalue weighted by atomic mass is 9.95. The first kappa shape index (κ1) is 17.4. The highest BCUT2D eigenvalue weighted by Gasteiger charge is 2.71. The third-order valence-corrected chi connectivity index (χ3v) is 6.08. The Hall–Kier alpha value is -1.98. The van der Waals surface area contributed by atoms with Crippen LogP contribution in [0.15, 0.2) is 36.4 Å². The van der Waals surface area contributed by atoms with E-state index in [1.807, 2.05) is 31.2 Å². The van der Waals surface area contributed by atoms with Crippen LogP contribution in [0.5, 0.6) is 0 Å². The van der Waals surface area contributed by atoms with E-state index in [-0.39, 0.29) is 23.9 Å². The van der Waals surface area contributed by atoms with Crippen molar-refractivity contribution in [3.63, 3.8) is 0 Å². The van der Waals surface area contributed by atoms with E-state index in [1.165, 1.54) is 5.56 Å². The minimum Gasteiger partial charge on any atom is -0.396 e. The Kier molecular flexibility index (Phi) is 4.45. The standard InChI is InChI=1S/C21H27N3O2/c1-3-7-18-22-14(2)10-19(23-18)24-11-17(26)21(13-24)16(12-25)20(21)15-8-5-4-6-9-15/h4-6,8-10,16-17,20,25-26H,3,7,11-13H2,1-2H3/t16-,17+,20-,21-/m1/s1. The molecule has 2 heterocycles. The number of β-amino-alcohol motifs (C(OH)–C–C–N with tert-alkyl or cyclic N) is 1. The highest BCUT2D eigenvalue weighted by atomic mass is 16.3. The number of hydrogen-bond acceptors (Lipinski definition) is 5. The van der Waals surface area contributed by atoms with Gasteiger partial charge in [0.15, 0.2) is 0 Å². The molecule has 0 bridgehead atoms. The molecule has 138 valence electrons. The first-order valence-electron chi connectivity index (χ1n) is 9.53. The number of aryl methyl sites for hydroxylation is 2. The summed E-state index contributed by atoms with van der Waals surface area (Å²) in [6.07, 6.45) is 1.41. The molecule has 1 saturated heterocycles. The number of nitrogens with zero attached hydrogens (tertiary/aromatic N) is 3. The fourth-order valence-corrected chi connectivity index (χ4v) is 4.85. The normalized spacial score (nSPS) is 30.2. The number of aliphatic hydroxyl groups is 2. The number of aromatic nitrogens is 2. The van der Waals surface area contributed by atoms with E-state index in [1.54, 1.807) is 0 Å².